The van der Waals surface area contributed by atoms with Gasteiger partial charge in [-0.15, -0.1) is 0 Å². The summed E-state index contributed by atoms with van der Waals surface area (Å²) in [6.07, 6.45) is 0. The van der Waals surface area contributed by atoms with Crippen LogP contribution in [-0.2, 0) is 0 Å². The molecule has 1 atom stereocenters. The fraction of sp³-hybridized carbons (Fsp3) is 0.125. The second-order valence-corrected chi connectivity index (χ2v) is 5.19. The van der Waals surface area contributed by atoms with Gasteiger partial charge in [0.25, 0.3) is 11.8 Å². The van der Waals surface area contributed by atoms with Gasteiger partial charge in [-0.2, -0.15) is 0 Å². The lowest BCUT2D eigenvalue weighted by atomic mass is 10.1. The number of carbonyl (C=O) groups is 2. The van der Waals surface area contributed by atoms with Crippen molar-refractivity contribution in [1.29, 1.82) is 0 Å². The molecule has 0 aromatic heterocycles. The minimum atomic E-state index is -0.303. The Kier molecular flexibility index (Phi) is 3.07. The Bertz CT molecular complexity index is 697. The number of benzene rings is 2. The van der Waals surface area contributed by atoms with Crippen molar-refractivity contribution >= 4 is 23.4 Å². The van der Waals surface area contributed by atoms with Crippen LogP contribution in [0.2, 0.25) is 5.02 Å². The van der Waals surface area contributed by atoms with Crippen LogP contribution in [0, 0.1) is 0 Å². The Labute approximate surface area is 121 Å². The number of amides is 2. The molecule has 0 radical (unpaired) electrons. The third kappa shape index (κ3) is 1.91. The van der Waals surface area contributed by atoms with Crippen molar-refractivity contribution in [3.8, 4) is 0 Å². The summed E-state index contributed by atoms with van der Waals surface area (Å²) in [5.74, 6) is -0.554. The molecule has 3 nitrogen and oxygen atoms in total. The predicted octanol–water partition coefficient (Wildman–Crippen LogP) is 3.70. The molecule has 0 N–H and O–H groups in total. The Hall–Kier alpha value is -2.13. The van der Waals surface area contributed by atoms with Crippen LogP contribution in [0.4, 0.5) is 0 Å². The monoisotopic (exact) mass is 285 g/mol. The van der Waals surface area contributed by atoms with E-state index in [0.29, 0.717) is 16.1 Å². The molecule has 1 aliphatic heterocycles. The topological polar surface area (TPSA) is 37.4 Å². The lowest BCUT2D eigenvalue weighted by Gasteiger charge is -2.22. The first kappa shape index (κ1) is 12.9. The average Bonchev–Trinajstić information content (AvgIpc) is 2.71. The zero-order valence-corrected chi connectivity index (χ0v) is 11.6. The van der Waals surface area contributed by atoms with Crippen LogP contribution in [0.15, 0.2) is 48.5 Å². The fourth-order valence-corrected chi connectivity index (χ4v) is 2.64. The third-order valence-corrected chi connectivity index (χ3v) is 3.78. The van der Waals surface area contributed by atoms with Crippen LogP contribution in [0.25, 0.3) is 0 Å². The highest BCUT2D eigenvalue weighted by atomic mass is 35.5. The summed E-state index contributed by atoms with van der Waals surface area (Å²) in [6.45, 7) is 1.85. The van der Waals surface area contributed by atoms with Crippen LogP contribution in [0.3, 0.4) is 0 Å². The summed E-state index contributed by atoms with van der Waals surface area (Å²) < 4.78 is 0. The van der Waals surface area contributed by atoms with Gasteiger partial charge in [-0.25, -0.2) is 0 Å². The molecule has 0 bridgehead atoms. The second-order valence-electron chi connectivity index (χ2n) is 4.76. The van der Waals surface area contributed by atoms with Crippen molar-refractivity contribution in [1.82, 2.24) is 4.90 Å². The van der Waals surface area contributed by atoms with Gasteiger partial charge in [0.05, 0.1) is 17.2 Å². The molecule has 0 fully saturated rings. The number of hydrogen-bond donors (Lipinski definition) is 0. The first-order valence-corrected chi connectivity index (χ1v) is 6.70. The molecular formula is C16H12ClNO2. The summed E-state index contributed by atoms with van der Waals surface area (Å²) in [4.78, 5) is 26.1. The lowest BCUT2D eigenvalue weighted by molar-refractivity contribution is 0.0595. The van der Waals surface area contributed by atoms with Gasteiger partial charge in [0.1, 0.15) is 0 Å². The summed E-state index contributed by atoms with van der Waals surface area (Å²) in [5.41, 5.74) is 1.72. The quantitative estimate of drug-likeness (QED) is 0.789. The molecule has 20 heavy (non-hydrogen) atoms. The standard InChI is InChI=1S/C16H12ClNO2/c1-10(11-5-3-2-4-6-11)18-15(19)13-8-7-12(17)9-14(13)16(18)20/h2-10H,1H3/t10-/m0/s1. The Morgan fingerprint density at radius 1 is 0.950 bits per heavy atom. The van der Waals surface area contributed by atoms with Gasteiger partial charge in [0.15, 0.2) is 0 Å². The molecular weight excluding hydrogens is 274 g/mol. The molecule has 3 rings (SSSR count). The summed E-state index contributed by atoms with van der Waals surface area (Å²) in [7, 11) is 0. The highest BCUT2D eigenvalue weighted by Gasteiger charge is 2.38. The number of imide groups is 1. The van der Waals surface area contributed by atoms with E-state index in [0.717, 1.165) is 5.56 Å². The maximum absolute atomic E-state index is 12.4. The molecule has 2 aromatic rings. The molecule has 2 aromatic carbocycles. The van der Waals surface area contributed by atoms with E-state index in [1.54, 1.807) is 18.2 Å². The minimum Gasteiger partial charge on any atom is -0.269 e. The molecule has 4 heteroatoms. The van der Waals surface area contributed by atoms with Gasteiger partial charge in [0.2, 0.25) is 0 Å². The number of nitrogens with zero attached hydrogens (tertiary/aromatic N) is 1. The van der Waals surface area contributed by atoms with E-state index in [1.165, 1.54) is 4.90 Å². The molecule has 1 aliphatic rings. The summed E-state index contributed by atoms with van der Waals surface area (Å²) in [5, 5.41) is 0.458. The first-order valence-electron chi connectivity index (χ1n) is 6.32. The summed E-state index contributed by atoms with van der Waals surface area (Å²) >= 11 is 5.90. The van der Waals surface area contributed by atoms with Crippen molar-refractivity contribution in [3.63, 3.8) is 0 Å². The number of carbonyl (C=O) groups excluding carboxylic acids is 2. The predicted molar refractivity (Wildman–Crippen MR) is 76.8 cm³/mol. The molecule has 100 valence electrons. The van der Waals surface area contributed by atoms with E-state index in [9.17, 15) is 9.59 Å². The third-order valence-electron chi connectivity index (χ3n) is 3.55. The first-order chi connectivity index (χ1) is 9.59. The smallest absolute Gasteiger partial charge is 0.262 e. The largest absolute Gasteiger partial charge is 0.269 e. The highest BCUT2D eigenvalue weighted by Crippen LogP contribution is 2.32. The molecule has 2 amide bonds. The van der Waals surface area contributed by atoms with Crippen LogP contribution in [0.5, 0.6) is 0 Å². The van der Waals surface area contributed by atoms with Crippen LogP contribution in [-0.4, -0.2) is 16.7 Å². The number of halogens is 1. The molecule has 0 spiro atoms. The Morgan fingerprint density at radius 2 is 1.60 bits per heavy atom. The van der Waals surface area contributed by atoms with Gasteiger partial charge < -0.3 is 0 Å². The van der Waals surface area contributed by atoms with Gasteiger partial charge in [0, 0.05) is 5.02 Å². The van der Waals surface area contributed by atoms with E-state index in [1.807, 2.05) is 37.3 Å². The molecule has 0 saturated heterocycles. The average molecular weight is 286 g/mol. The van der Waals surface area contributed by atoms with Crippen molar-refractivity contribution in [2.24, 2.45) is 0 Å². The SMILES string of the molecule is C[C@@H](c1ccccc1)N1C(=O)c2ccc(Cl)cc2C1=O. The van der Waals surface area contributed by atoms with Gasteiger partial charge in [-0.05, 0) is 30.7 Å². The van der Waals surface area contributed by atoms with Gasteiger partial charge in [-0.3, -0.25) is 14.5 Å². The van der Waals surface area contributed by atoms with Crippen molar-refractivity contribution in [2.75, 3.05) is 0 Å². The number of rotatable bonds is 2. The Morgan fingerprint density at radius 3 is 2.30 bits per heavy atom. The van der Waals surface area contributed by atoms with E-state index >= 15 is 0 Å². The van der Waals surface area contributed by atoms with Crippen molar-refractivity contribution < 1.29 is 9.59 Å². The highest BCUT2D eigenvalue weighted by molar-refractivity contribution is 6.32. The van der Waals surface area contributed by atoms with E-state index in [4.69, 9.17) is 11.6 Å². The Balaban J connectivity index is 2.02. The van der Waals surface area contributed by atoms with Crippen LogP contribution >= 0.6 is 11.6 Å². The maximum Gasteiger partial charge on any atom is 0.262 e. The normalized spacial score (nSPS) is 15.4. The van der Waals surface area contributed by atoms with E-state index in [2.05, 4.69) is 0 Å². The minimum absolute atomic E-state index is 0.266. The molecule has 1 heterocycles. The van der Waals surface area contributed by atoms with Crippen LogP contribution < -0.4 is 0 Å². The van der Waals surface area contributed by atoms with E-state index in [-0.39, 0.29) is 17.9 Å². The zero-order chi connectivity index (χ0) is 14.3. The molecule has 0 saturated carbocycles. The number of hydrogen-bond acceptors (Lipinski definition) is 2. The van der Waals surface area contributed by atoms with Crippen LogP contribution in [0.1, 0.15) is 39.2 Å². The zero-order valence-electron chi connectivity index (χ0n) is 10.8. The second kappa shape index (κ2) is 4.76. The molecule has 0 unspecified atom stereocenters. The van der Waals surface area contributed by atoms with E-state index < -0.39 is 0 Å². The number of fused-ring (bicyclic) bond motifs is 1. The molecule has 0 aliphatic carbocycles. The maximum atomic E-state index is 12.4. The van der Waals surface area contributed by atoms with Gasteiger partial charge in [-0.1, -0.05) is 41.9 Å². The lowest BCUT2D eigenvalue weighted by Crippen LogP contribution is -2.32. The fourth-order valence-electron chi connectivity index (χ4n) is 2.46. The summed E-state index contributed by atoms with van der Waals surface area (Å²) in [6, 6.07) is 14.0. The van der Waals surface area contributed by atoms with Gasteiger partial charge >= 0.3 is 0 Å². The van der Waals surface area contributed by atoms with Crippen molar-refractivity contribution in [3.05, 3.63) is 70.2 Å². The van der Waals surface area contributed by atoms with Crippen molar-refractivity contribution in [2.45, 2.75) is 13.0 Å².